The monoisotopic (exact) mass is 356 g/mol. The van der Waals surface area contributed by atoms with Crippen LogP contribution in [0.25, 0.3) is 43.6 Å². The highest BCUT2D eigenvalue weighted by Gasteiger charge is 2.15. The lowest BCUT2D eigenvalue weighted by Gasteiger charge is -2.14. The molecule has 0 saturated heterocycles. The number of methoxy groups -OCH3 is 1. The summed E-state index contributed by atoms with van der Waals surface area (Å²) in [5.41, 5.74) is 2.71. The Balaban J connectivity index is 2.06. The van der Waals surface area contributed by atoms with Gasteiger partial charge in [0.05, 0.1) is 29.0 Å². The van der Waals surface area contributed by atoms with E-state index < -0.39 is 0 Å². The van der Waals surface area contributed by atoms with Crippen LogP contribution in [0.5, 0.6) is 5.75 Å². The summed E-state index contributed by atoms with van der Waals surface area (Å²) in [5.74, 6) is 0.626. The minimum Gasteiger partial charge on any atom is -0.495 e. The number of aromatic amines is 1. The summed E-state index contributed by atoms with van der Waals surface area (Å²) < 4.78 is 7.37. The number of benzene rings is 3. The zero-order chi connectivity index (χ0) is 18.7. The van der Waals surface area contributed by atoms with E-state index in [4.69, 9.17) is 4.74 Å². The van der Waals surface area contributed by atoms with Crippen molar-refractivity contribution in [3.8, 4) is 5.75 Å². The minimum atomic E-state index is -0.0760. The lowest BCUT2D eigenvalue weighted by Crippen LogP contribution is -2.12. The molecule has 0 amide bonds. The third kappa shape index (κ3) is 2.05. The van der Waals surface area contributed by atoms with Crippen molar-refractivity contribution in [2.24, 2.45) is 7.05 Å². The lowest BCUT2D eigenvalue weighted by molar-refractivity contribution is 0.418. The van der Waals surface area contributed by atoms with Crippen LogP contribution in [0.15, 0.2) is 64.2 Å². The largest absolute Gasteiger partial charge is 0.495 e. The molecule has 1 N–H and O–H groups in total. The molecule has 5 aromatic rings. The van der Waals surface area contributed by atoms with E-state index in [1.54, 1.807) is 31.4 Å². The third-order valence-corrected chi connectivity index (χ3v) is 5.23. The molecule has 132 valence electrons. The first kappa shape index (κ1) is 15.6. The predicted molar refractivity (Wildman–Crippen MR) is 109 cm³/mol. The molecule has 5 rings (SSSR count). The van der Waals surface area contributed by atoms with Crippen LogP contribution < -0.4 is 15.6 Å². The van der Waals surface area contributed by atoms with Crippen LogP contribution in [0.1, 0.15) is 0 Å². The van der Waals surface area contributed by atoms with Crippen LogP contribution in [0.3, 0.4) is 0 Å². The molecule has 2 heterocycles. The molecule has 0 radical (unpaired) electrons. The van der Waals surface area contributed by atoms with Crippen LogP contribution in [0.4, 0.5) is 0 Å². The van der Waals surface area contributed by atoms with Crippen molar-refractivity contribution in [2.75, 3.05) is 7.11 Å². The van der Waals surface area contributed by atoms with Crippen molar-refractivity contribution in [1.82, 2.24) is 9.55 Å². The van der Waals surface area contributed by atoms with E-state index in [9.17, 15) is 9.59 Å². The average molecular weight is 356 g/mol. The number of pyridine rings is 2. The van der Waals surface area contributed by atoms with Gasteiger partial charge in [-0.1, -0.05) is 18.2 Å². The zero-order valence-electron chi connectivity index (χ0n) is 14.9. The molecule has 0 aliphatic rings. The summed E-state index contributed by atoms with van der Waals surface area (Å²) in [6, 6.07) is 16.4. The number of aromatic nitrogens is 2. The Bertz CT molecular complexity index is 1510. The highest BCUT2D eigenvalue weighted by molar-refractivity contribution is 6.04. The Labute approximate surface area is 153 Å². The third-order valence-electron chi connectivity index (χ3n) is 5.23. The Hall–Kier alpha value is -3.60. The molecule has 0 fully saturated rings. The Morgan fingerprint density at radius 3 is 2.37 bits per heavy atom. The van der Waals surface area contributed by atoms with E-state index in [2.05, 4.69) is 4.98 Å². The molecule has 0 spiro atoms. The standard InChI is InChI=1S/C22H16N2O3/c1-24-18-11-14-17(23-16-8-4-3-6-12(16)21(14)25)10-15(18)22(26)13-7-5-9-19(27-2)20(13)24/h3-11H,1-2H3,(H,23,25). The molecular weight excluding hydrogens is 340 g/mol. The molecule has 0 unspecified atom stereocenters. The van der Waals surface area contributed by atoms with Gasteiger partial charge in [0.25, 0.3) is 0 Å². The van der Waals surface area contributed by atoms with E-state index in [-0.39, 0.29) is 10.9 Å². The number of ether oxygens (including phenoxy) is 1. The van der Waals surface area contributed by atoms with Gasteiger partial charge in [0.2, 0.25) is 0 Å². The van der Waals surface area contributed by atoms with Gasteiger partial charge in [-0.3, -0.25) is 9.59 Å². The maximum atomic E-state index is 13.1. The van der Waals surface area contributed by atoms with Crippen LogP contribution in [-0.4, -0.2) is 16.7 Å². The molecule has 0 atom stereocenters. The van der Waals surface area contributed by atoms with Crippen LogP contribution in [0, 0.1) is 0 Å². The second-order valence-electron chi connectivity index (χ2n) is 6.66. The molecule has 27 heavy (non-hydrogen) atoms. The van der Waals surface area contributed by atoms with E-state index >= 15 is 0 Å². The quantitative estimate of drug-likeness (QED) is 0.466. The van der Waals surface area contributed by atoms with Crippen LogP contribution in [0.2, 0.25) is 0 Å². The van der Waals surface area contributed by atoms with E-state index in [1.807, 2.05) is 41.9 Å². The summed E-state index contributed by atoms with van der Waals surface area (Å²) in [6.07, 6.45) is 0. The number of nitrogens with zero attached hydrogens (tertiary/aromatic N) is 1. The van der Waals surface area contributed by atoms with E-state index in [0.29, 0.717) is 43.8 Å². The Kier molecular flexibility index (Phi) is 3.15. The summed E-state index contributed by atoms with van der Waals surface area (Å²) in [6.45, 7) is 0. The van der Waals surface area contributed by atoms with E-state index in [1.165, 1.54) is 0 Å². The van der Waals surface area contributed by atoms with Gasteiger partial charge >= 0.3 is 0 Å². The number of nitrogens with one attached hydrogen (secondary N) is 1. The maximum Gasteiger partial charge on any atom is 0.197 e. The first-order valence-corrected chi connectivity index (χ1v) is 8.64. The van der Waals surface area contributed by atoms with Crippen molar-refractivity contribution in [1.29, 1.82) is 0 Å². The van der Waals surface area contributed by atoms with Gasteiger partial charge in [-0.05, 0) is 36.4 Å². The molecule has 5 heteroatoms. The number of hydrogen-bond acceptors (Lipinski definition) is 3. The van der Waals surface area contributed by atoms with Gasteiger partial charge < -0.3 is 14.3 Å². The van der Waals surface area contributed by atoms with Crippen molar-refractivity contribution < 1.29 is 4.74 Å². The summed E-state index contributed by atoms with van der Waals surface area (Å²) >= 11 is 0. The highest BCUT2D eigenvalue weighted by Crippen LogP contribution is 2.28. The maximum absolute atomic E-state index is 13.1. The first-order chi connectivity index (χ1) is 13.1. The summed E-state index contributed by atoms with van der Waals surface area (Å²) in [5, 5.41) is 2.35. The number of rotatable bonds is 1. The predicted octanol–water partition coefficient (Wildman–Crippen LogP) is 3.70. The van der Waals surface area contributed by atoms with Gasteiger partial charge in [0.1, 0.15) is 5.75 Å². The molecular formula is C22H16N2O3. The number of hydrogen-bond donors (Lipinski definition) is 1. The molecule has 0 bridgehead atoms. The summed E-state index contributed by atoms with van der Waals surface area (Å²) in [4.78, 5) is 29.4. The lowest BCUT2D eigenvalue weighted by atomic mass is 10.0. The van der Waals surface area contributed by atoms with Gasteiger partial charge in [0, 0.05) is 28.7 Å². The summed E-state index contributed by atoms with van der Waals surface area (Å²) in [7, 11) is 3.47. The minimum absolute atomic E-state index is 0.0474. The smallest absolute Gasteiger partial charge is 0.197 e. The first-order valence-electron chi connectivity index (χ1n) is 8.64. The average Bonchev–Trinajstić information content (AvgIpc) is 2.70. The van der Waals surface area contributed by atoms with Crippen molar-refractivity contribution in [3.05, 3.63) is 75.0 Å². The van der Waals surface area contributed by atoms with E-state index in [0.717, 1.165) is 5.52 Å². The molecule has 0 aliphatic heterocycles. The fourth-order valence-electron chi connectivity index (χ4n) is 3.90. The molecule has 5 nitrogen and oxygen atoms in total. The SMILES string of the molecule is COc1cccc2c(=O)c3cc4[nH]c5ccccc5c(=O)c4cc3n(C)c12. The molecule has 2 aromatic heterocycles. The van der Waals surface area contributed by atoms with Crippen LogP contribution >= 0.6 is 0 Å². The fraction of sp³-hybridized carbons (Fsp3) is 0.0909. The topological polar surface area (TPSA) is 64.1 Å². The number of fused-ring (bicyclic) bond motifs is 4. The van der Waals surface area contributed by atoms with Crippen LogP contribution in [-0.2, 0) is 7.05 Å². The second-order valence-corrected chi connectivity index (χ2v) is 6.66. The second kappa shape index (κ2) is 5.45. The van der Waals surface area contributed by atoms with Crippen molar-refractivity contribution >= 4 is 43.6 Å². The number of aryl methyl sites for hydroxylation is 1. The molecule has 0 saturated carbocycles. The van der Waals surface area contributed by atoms with Crippen molar-refractivity contribution in [2.45, 2.75) is 0 Å². The number of para-hydroxylation sites is 2. The Morgan fingerprint density at radius 1 is 0.815 bits per heavy atom. The van der Waals surface area contributed by atoms with Gasteiger partial charge in [0.15, 0.2) is 10.9 Å². The molecule has 3 aromatic carbocycles. The van der Waals surface area contributed by atoms with Gasteiger partial charge in [-0.25, -0.2) is 0 Å². The highest BCUT2D eigenvalue weighted by atomic mass is 16.5. The fourth-order valence-corrected chi connectivity index (χ4v) is 3.90. The zero-order valence-corrected chi connectivity index (χ0v) is 14.9. The van der Waals surface area contributed by atoms with Gasteiger partial charge in [-0.2, -0.15) is 0 Å². The van der Waals surface area contributed by atoms with Gasteiger partial charge in [-0.15, -0.1) is 0 Å². The normalized spacial score (nSPS) is 11.6. The van der Waals surface area contributed by atoms with Crippen molar-refractivity contribution in [3.63, 3.8) is 0 Å². The number of H-pyrrole nitrogens is 1. The molecule has 0 aliphatic carbocycles. The Morgan fingerprint density at radius 2 is 1.56 bits per heavy atom.